The summed E-state index contributed by atoms with van der Waals surface area (Å²) in [6, 6.07) is 2.07. The summed E-state index contributed by atoms with van der Waals surface area (Å²) in [5.41, 5.74) is 2.39. The molecule has 1 heterocycles. The van der Waals surface area contributed by atoms with Crippen LogP contribution in [0.1, 0.15) is 11.3 Å². The van der Waals surface area contributed by atoms with Gasteiger partial charge in [0.25, 0.3) is 0 Å². The molecule has 2 heteroatoms. The van der Waals surface area contributed by atoms with Crippen LogP contribution in [0.3, 0.4) is 0 Å². The number of aryl methyl sites for hydroxylation is 2. The standard InChI is InChI=1S/C6H9NS/c1-4-3-5(2)7-6(4)8/h3,7-8H,1-2H3. The largest absolute Gasteiger partial charge is 0.354 e. The van der Waals surface area contributed by atoms with Crippen molar-refractivity contribution in [2.75, 3.05) is 0 Å². The molecule has 1 aromatic heterocycles. The number of H-pyrrole nitrogens is 1. The van der Waals surface area contributed by atoms with Crippen molar-refractivity contribution in [1.29, 1.82) is 0 Å². The van der Waals surface area contributed by atoms with Gasteiger partial charge in [-0.1, -0.05) is 0 Å². The van der Waals surface area contributed by atoms with E-state index in [9.17, 15) is 0 Å². The van der Waals surface area contributed by atoms with Gasteiger partial charge in [-0.3, -0.25) is 0 Å². The molecular weight excluding hydrogens is 118 g/mol. The van der Waals surface area contributed by atoms with Gasteiger partial charge in [0.2, 0.25) is 0 Å². The van der Waals surface area contributed by atoms with Crippen LogP contribution in [0.5, 0.6) is 0 Å². The minimum absolute atomic E-state index is 0.975. The van der Waals surface area contributed by atoms with Gasteiger partial charge >= 0.3 is 0 Å². The van der Waals surface area contributed by atoms with Crippen LogP contribution in [-0.2, 0) is 0 Å². The second-order valence-corrected chi connectivity index (χ2v) is 2.43. The number of hydrogen-bond acceptors (Lipinski definition) is 1. The summed E-state index contributed by atoms with van der Waals surface area (Å²) in [6.07, 6.45) is 0. The Hall–Kier alpha value is -0.370. The third-order valence-corrected chi connectivity index (χ3v) is 1.59. The zero-order valence-electron chi connectivity index (χ0n) is 5.02. The molecular formula is C6H9NS. The number of thiol groups is 1. The molecule has 0 radical (unpaired) electrons. The number of aromatic amines is 1. The lowest BCUT2D eigenvalue weighted by Gasteiger charge is -1.81. The Kier molecular flexibility index (Phi) is 1.34. The molecule has 8 heavy (non-hydrogen) atoms. The van der Waals surface area contributed by atoms with Crippen molar-refractivity contribution >= 4 is 12.6 Å². The monoisotopic (exact) mass is 127 g/mol. The van der Waals surface area contributed by atoms with Crippen LogP contribution in [0.15, 0.2) is 11.1 Å². The van der Waals surface area contributed by atoms with E-state index in [1.54, 1.807) is 0 Å². The van der Waals surface area contributed by atoms with Crippen molar-refractivity contribution in [2.45, 2.75) is 18.9 Å². The van der Waals surface area contributed by atoms with Crippen LogP contribution in [0, 0.1) is 13.8 Å². The van der Waals surface area contributed by atoms with Gasteiger partial charge in [0, 0.05) is 5.69 Å². The van der Waals surface area contributed by atoms with Crippen molar-refractivity contribution in [1.82, 2.24) is 4.98 Å². The van der Waals surface area contributed by atoms with Gasteiger partial charge in [-0.25, -0.2) is 0 Å². The Balaban J connectivity index is 3.14. The van der Waals surface area contributed by atoms with Crippen LogP contribution < -0.4 is 0 Å². The van der Waals surface area contributed by atoms with Crippen LogP contribution in [0.2, 0.25) is 0 Å². The first-order chi connectivity index (χ1) is 3.70. The summed E-state index contributed by atoms with van der Waals surface area (Å²) in [5.74, 6) is 0. The van der Waals surface area contributed by atoms with Gasteiger partial charge < -0.3 is 4.98 Å². The average Bonchev–Trinajstić information content (AvgIpc) is 1.85. The number of hydrogen-bond donors (Lipinski definition) is 2. The molecule has 0 aliphatic rings. The van der Waals surface area contributed by atoms with Crippen molar-refractivity contribution in [3.05, 3.63) is 17.3 Å². The molecule has 0 aliphatic carbocycles. The molecule has 1 nitrogen and oxygen atoms in total. The Morgan fingerprint density at radius 1 is 1.50 bits per heavy atom. The lowest BCUT2D eigenvalue weighted by molar-refractivity contribution is 1.12. The first-order valence-corrected chi connectivity index (χ1v) is 3.00. The molecule has 0 spiro atoms. The highest BCUT2D eigenvalue weighted by molar-refractivity contribution is 7.80. The molecule has 0 saturated carbocycles. The molecule has 1 rings (SSSR count). The van der Waals surface area contributed by atoms with Crippen LogP contribution in [-0.4, -0.2) is 4.98 Å². The molecule has 0 aliphatic heterocycles. The fourth-order valence-corrected chi connectivity index (χ4v) is 0.955. The molecule has 0 atom stereocenters. The van der Waals surface area contributed by atoms with E-state index >= 15 is 0 Å². The van der Waals surface area contributed by atoms with E-state index in [-0.39, 0.29) is 0 Å². The van der Waals surface area contributed by atoms with Crippen LogP contribution >= 0.6 is 12.6 Å². The van der Waals surface area contributed by atoms with E-state index in [0.29, 0.717) is 0 Å². The summed E-state index contributed by atoms with van der Waals surface area (Å²) in [7, 11) is 0. The Bertz CT molecular complexity index is 171. The van der Waals surface area contributed by atoms with Crippen molar-refractivity contribution in [2.24, 2.45) is 0 Å². The fourth-order valence-electron chi connectivity index (χ4n) is 0.715. The zero-order chi connectivity index (χ0) is 6.15. The molecule has 0 bridgehead atoms. The van der Waals surface area contributed by atoms with E-state index in [1.807, 2.05) is 13.8 Å². The first-order valence-electron chi connectivity index (χ1n) is 2.55. The van der Waals surface area contributed by atoms with Gasteiger partial charge in [0.15, 0.2) is 0 Å². The van der Waals surface area contributed by atoms with E-state index in [1.165, 1.54) is 11.3 Å². The van der Waals surface area contributed by atoms with Crippen LogP contribution in [0.4, 0.5) is 0 Å². The Morgan fingerprint density at radius 3 is 2.25 bits per heavy atom. The maximum atomic E-state index is 4.16. The average molecular weight is 127 g/mol. The zero-order valence-corrected chi connectivity index (χ0v) is 5.92. The lowest BCUT2D eigenvalue weighted by Crippen LogP contribution is -1.65. The predicted molar refractivity (Wildman–Crippen MR) is 37.5 cm³/mol. The molecule has 0 saturated heterocycles. The Labute approximate surface area is 54.5 Å². The summed E-state index contributed by atoms with van der Waals surface area (Å²) in [6.45, 7) is 4.05. The Morgan fingerprint density at radius 2 is 2.12 bits per heavy atom. The van der Waals surface area contributed by atoms with E-state index < -0.39 is 0 Å². The minimum Gasteiger partial charge on any atom is -0.354 e. The topological polar surface area (TPSA) is 15.8 Å². The molecule has 0 unspecified atom stereocenters. The molecule has 1 aromatic rings. The van der Waals surface area contributed by atoms with Gasteiger partial charge in [0.05, 0.1) is 5.03 Å². The lowest BCUT2D eigenvalue weighted by atomic mass is 10.3. The maximum Gasteiger partial charge on any atom is 0.0722 e. The van der Waals surface area contributed by atoms with E-state index in [0.717, 1.165) is 5.03 Å². The minimum atomic E-state index is 0.975. The van der Waals surface area contributed by atoms with E-state index in [2.05, 4.69) is 23.7 Å². The van der Waals surface area contributed by atoms with Crippen molar-refractivity contribution in [3.63, 3.8) is 0 Å². The smallest absolute Gasteiger partial charge is 0.0722 e. The molecule has 1 N–H and O–H groups in total. The molecule has 0 aromatic carbocycles. The van der Waals surface area contributed by atoms with Gasteiger partial charge in [-0.05, 0) is 25.5 Å². The van der Waals surface area contributed by atoms with Gasteiger partial charge in [-0.15, -0.1) is 12.6 Å². The number of aromatic nitrogens is 1. The highest BCUT2D eigenvalue weighted by Crippen LogP contribution is 2.11. The molecule has 0 amide bonds. The van der Waals surface area contributed by atoms with Crippen molar-refractivity contribution < 1.29 is 0 Å². The summed E-state index contributed by atoms with van der Waals surface area (Å²) < 4.78 is 0. The third-order valence-electron chi connectivity index (χ3n) is 1.12. The van der Waals surface area contributed by atoms with Gasteiger partial charge in [-0.2, -0.15) is 0 Å². The second-order valence-electron chi connectivity index (χ2n) is 1.98. The normalized spacial score (nSPS) is 9.88. The highest BCUT2D eigenvalue weighted by atomic mass is 32.1. The predicted octanol–water partition coefficient (Wildman–Crippen LogP) is 1.92. The van der Waals surface area contributed by atoms with Crippen LogP contribution in [0.25, 0.3) is 0 Å². The second kappa shape index (κ2) is 1.86. The van der Waals surface area contributed by atoms with E-state index in [4.69, 9.17) is 0 Å². The highest BCUT2D eigenvalue weighted by Gasteiger charge is 1.93. The number of nitrogens with one attached hydrogen (secondary N) is 1. The first kappa shape index (κ1) is 5.76. The third kappa shape index (κ3) is 0.892. The van der Waals surface area contributed by atoms with Gasteiger partial charge in [0.1, 0.15) is 0 Å². The SMILES string of the molecule is Cc1cc(C)c(S)[nH]1. The quantitative estimate of drug-likeness (QED) is 0.495. The maximum absolute atomic E-state index is 4.16. The molecule has 44 valence electrons. The molecule has 0 fully saturated rings. The fraction of sp³-hybridized carbons (Fsp3) is 0.333. The summed E-state index contributed by atoms with van der Waals surface area (Å²) in [5, 5.41) is 0.975. The number of rotatable bonds is 0. The van der Waals surface area contributed by atoms with Crippen molar-refractivity contribution in [3.8, 4) is 0 Å². The summed E-state index contributed by atoms with van der Waals surface area (Å²) in [4.78, 5) is 3.07. The summed E-state index contributed by atoms with van der Waals surface area (Å²) >= 11 is 4.16.